The molecule has 1 amide bonds. The number of hydrogen-bond donors (Lipinski definition) is 1. The number of ether oxygens (including phenoxy) is 1. The maximum Gasteiger partial charge on any atom is 0.241 e. The molecule has 1 atom stereocenters. The van der Waals surface area contributed by atoms with Crippen molar-refractivity contribution in [3.8, 4) is 5.75 Å². The number of carbonyl (C=O) groups is 1. The number of methoxy groups -OCH3 is 1. The number of benzene rings is 2. The molecule has 2 aromatic rings. The summed E-state index contributed by atoms with van der Waals surface area (Å²) in [6.07, 6.45) is 0.883. The minimum atomic E-state index is -3.89. The fourth-order valence-electron chi connectivity index (χ4n) is 2.43. The van der Waals surface area contributed by atoms with E-state index in [-0.39, 0.29) is 5.69 Å². The van der Waals surface area contributed by atoms with Crippen LogP contribution in [0.3, 0.4) is 0 Å². The van der Waals surface area contributed by atoms with Gasteiger partial charge in [0.15, 0.2) is 11.6 Å². The van der Waals surface area contributed by atoms with Gasteiger partial charge in [0.2, 0.25) is 15.9 Å². The zero-order valence-electron chi connectivity index (χ0n) is 15.1. The second-order valence-electron chi connectivity index (χ2n) is 5.93. The molecule has 0 aliphatic rings. The van der Waals surface area contributed by atoms with Crippen LogP contribution in [0.5, 0.6) is 5.75 Å². The average molecular weight is 398 g/mol. The number of nitrogens with zero attached hydrogens (tertiary/aromatic N) is 1. The summed E-state index contributed by atoms with van der Waals surface area (Å²) >= 11 is 0. The third kappa shape index (κ3) is 5.40. The number of amides is 1. The molecule has 0 fully saturated rings. The van der Waals surface area contributed by atoms with E-state index in [1.165, 1.54) is 7.11 Å². The van der Waals surface area contributed by atoms with Gasteiger partial charge in [-0.05, 0) is 36.8 Å². The standard InChI is InChI=1S/C18H20F2N2O4S/c1-12(13-4-7-15(26-2)8-5-13)21-18(23)11-22(27(3,24)25)14-6-9-16(19)17(20)10-14/h4-10,12H,11H2,1-3H3,(H,21,23). The molecule has 0 aliphatic heterocycles. The van der Waals surface area contributed by atoms with E-state index in [1.54, 1.807) is 31.2 Å². The number of rotatable bonds is 7. The zero-order chi connectivity index (χ0) is 20.2. The predicted molar refractivity (Wildman–Crippen MR) is 98.1 cm³/mol. The van der Waals surface area contributed by atoms with Crippen LogP contribution in [0.1, 0.15) is 18.5 Å². The summed E-state index contributed by atoms with van der Waals surface area (Å²) in [6.45, 7) is 1.17. The molecule has 0 radical (unpaired) electrons. The molecule has 1 unspecified atom stereocenters. The highest BCUT2D eigenvalue weighted by atomic mass is 32.2. The molecule has 0 saturated carbocycles. The highest BCUT2D eigenvalue weighted by Gasteiger charge is 2.23. The molecule has 0 spiro atoms. The molecule has 146 valence electrons. The van der Waals surface area contributed by atoms with Crippen LogP contribution in [0.4, 0.5) is 14.5 Å². The van der Waals surface area contributed by atoms with E-state index in [1.807, 2.05) is 0 Å². The number of halogens is 2. The zero-order valence-corrected chi connectivity index (χ0v) is 15.9. The van der Waals surface area contributed by atoms with Crippen LogP contribution in [0.15, 0.2) is 42.5 Å². The van der Waals surface area contributed by atoms with Crippen molar-refractivity contribution in [2.24, 2.45) is 0 Å². The van der Waals surface area contributed by atoms with Crippen molar-refractivity contribution in [3.63, 3.8) is 0 Å². The minimum Gasteiger partial charge on any atom is -0.497 e. The first-order valence-corrected chi connectivity index (χ1v) is 9.82. The molecule has 0 saturated heterocycles. The van der Waals surface area contributed by atoms with E-state index < -0.39 is 40.2 Å². The Morgan fingerprint density at radius 1 is 1.15 bits per heavy atom. The second kappa shape index (κ2) is 8.34. The Labute approximate surface area is 156 Å². The summed E-state index contributed by atoms with van der Waals surface area (Å²) in [5.41, 5.74) is 0.659. The van der Waals surface area contributed by atoms with Crippen molar-refractivity contribution in [1.29, 1.82) is 0 Å². The van der Waals surface area contributed by atoms with Crippen molar-refractivity contribution in [3.05, 3.63) is 59.7 Å². The van der Waals surface area contributed by atoms with Gasteiger partial charge < -0.3 is 10.1 Å². The van der Waals surface area contributed by atoms with Crippen LogP contribution >= 0.6 is 0 Å². The molecule has 0 aromatic heterocycles. The van der Waals surface area contributed by atoms with E-state index in [0.29, 0.717) is 10.1 Å². The lowest BCUT2D eigenvalue weighted by molar-refractivity contribution is -0.120. The molecule has 1 N–H and O–H groups in total. The smallest absolute Gasteiger partial charge is 0.241 e. The lowest BCUT2D eigenvalue weighted by atomic mass is 10.1. The third-order valence-corrected chi connectivity index (χ3v) is 5.01. The molecule has 0 aliphatic carbocycles. The molecule has 2 aromatic carbocycles. The number of nitrogens with one attached hydrogen (secondary N) is 1. The SMILES string of the molecule is COc1ccc(C(C)NC(=O)CN(c2ccc(F)c(F)c2)S(C)(=O)=O)cc1. The first-order chi connectivity index (χ1) is 12.6. The molecule has 6 nitrogen and oxygen atoms in total. The fraction of sp³-hybridized carbons (Fsp3) is 0.278. The van der Waals surface area contributed by atoms with Crippen molar-refractivity contribution < 1.29 is 26.7 Å². The largest absolute Gasteiger partial charge is 0.497 e. The summed E-state index contributed by atoms with van der Waals surface area (Å²) in [5.74, 6) is -2.23. The Kier molecular flexibility index (Phi) is 6.37. The molecule has 0 bridgehead atoms. The Morgan fingerprint density at radius 3 is 2.30 bits per heavy atom. The van der Waals surface area contributed by atoms with Crippen molar-refractivity contribution >= 4 is 21.6 Å². The quantitative estimate of drug-likeness (QED) is 0.778. The van der Waals surface area contributed by atoms with E-state index in [0.717, 1.165) is 30.0 Å². The summed E-state index contributed by atoms with van der Waals surface area (Å²) < 4.78 is 56.3. The lowest BCUT2D eigenvalue weighted by Crippen LogP contribution is -2.41. The Bertz CT molecular complexity index is 917. The predicted octanol–water partition coefficient (Wildman–Crippen LogP) is 2.62. The van der Waals surface area contributed by atoms with Gasteiger partial charge in [0, 0.05) is 6.07 Å². The van der Waals surface area contributed by atoms with Gasteiger partial charge >= 0.3 is 0 Å². The maximum absolute atomic E-state index is 13.5. The van der Waals surface area contributed by atoms with Crippen LogP contribution < -0.4 is 14.4 Å². The first-order valence-electron chi connectivity index (χ1n) is 7.98. The maximum atomic E-state index is 13.5. The highest BCUT2D eigenvalue weighted by molar-refractivity contribution is 7.92. The number of hydrogen-bond acceptors (Lipinski definition) is 4. The Hall–Kier alpha value is -2.68. The first kappa shape index (κ1) is 20.6. The summed E-state index contributed by atoms with van der Waals surface area (Å²) in [4.78, 5) is 12.3. The molecule has 27 heavy (non-hydrogen) atoms. The van der Waals surface area contributed by atoms with Gasteiger partial charge in [-0.25, -0.2) is 17.2 Å². The van der Waals surface area contributed by atoms with E-state index in [4.69, 9.17) is 4.74 Å². The molecule has 9 heteroatoms. The van der Waals surface area contributed by atoms with Crippen LogP contribution in [-0.4, -0.2) is 34.2 Å². The normalized spacial score (nSPS) is 12.3. The van der Waals surface area contributed by atoms with Crippen LogP contribution in [0, 0.1) is 11.6 Å². The van der Waals surface area contributed by atoms with Gasteiger partial charge in [-0.1, -0.05) is 12.1 Å². The Morgan fingerprint density at radius 2 is 1.78 bits per heavy atom. The van der Waals surface area contributed by atoms with E-state index in [2.05, 4.69) is 5.32 Å². The number of carbonyl (C=O) groups excluding carboxylic acids is 1. The summed E-state index contributed by atoms with van der Waals surface area (Å²) in [7, 11) is -2.35. The second-order valence-corrected chi connectivity index (χ2v) is 7.84. The van der Waals surface area contributed by atoms with E-state index >= 15 is 0 Å². The van der Waals surface area contributed by atoms with Gasteiger partial charge in [-0.3, -0.25) is 9.10 Å². The molecular weight excluding hydrogens is 378 g/mol. The summed E-state index contributed by atoms with van der Waals surface area (Å²) in [5, 5.41) is 2.68. The van der Waals surface area contributed by atoms with Crippen molar-refractivity contribution in [1.82, 2.24) is 5.32 Å². The highest BCUT2D eigenvalue weighted by Crippen LogP contribution is 2.21. The average Bonchev–Trinajstić information content (AvgIpc) is 2.61. The van der Waals surface area contributed by atoms with E-state index in [9.17, 15) is 22.0 Å². The fourth-order valence-corrected chi connectivity index (χ4v) is 3.28. The van der Waals surface area contributed by atoms with Crippen LogP contribution in [0.25, 0.3) is 0 Å². The van der Waals surface area contributed by atoms with Crippen LogP contribution in [-0.2, 0) is 14.8 Å². The molecule has 2 rings (SSSR count). The van der Waals surface area contributed by atoms with Gasteiger partial charge in [-0.2, -0.15) is 0 Å². The Balaban J connectivity index is 2.14. The van der Waals surface area contributed by atoms with Gasteiger partial charge in [0.25, 0.3) is 0 Å². The van der Waals surface area contributed by atoms with Crippen LogP contribution in [0.2, 0.25) is 0 Å². The lowest BCUT2D eigenvalue weighted by Gasteiger charge is -2.23. The molecule has 0 heterocycles. The van der Waals surface area contributed by atoms with Crippen molar-refractivity contribution in [2.45, 2.75) is 13.0 Å². The minimum absolute atomic E-state index is 0.136. The van der Waals surface area contributed by atoms with Gasteiger partial charge in [0.1, 0.15) is 12.3 Å². The van der Waals surface area contributed by atoms with Crippen molar-refractivity contribution in [2.75, 3.05) is 24.2 Å². The number of anilines is 1. The topological polar surface area (TPSA) is 75.7 Å². The third-order valence-electron chi connectivity index (χ3n) is 3.87. The van der Waals surface area contributed by atoms with Gasteiger partial charge in [0.05, 0.1) is 25.1 Å². The number of sulfonamides is 1. The molecular formula is C18H20F2N2O4S. The van der Waals surface area contributed by atoms with Gasteiger partial charge in [-0.15, -0.1) is 0 Å². The summed E-state index contributed by atoms with van der Waals surface area (Å²) in [6, 6.07) is 9.26. The monoisotopic (exact) mass is 398 g/mol.